The van der Waals surface area contributed by atoms with Gasteiger partial charge in [0.2, 0.25) is 0 Å². The van der Waals surface area contributed by atoms with Crippen molar-refractivity contribution in [2.75, 3.05) is 20.7 Å². The summed E-state index contributed by atoms with van der Waals surface area (Å²) in [7, 11) is 2.83. The largest absolute Gasteiger partial charge is 0.504 e. The van der Waals surface area contributed by atoms with E-state index in [1.807, 2.05) is 0 Å². The van der Waals surface area contributed by atoms with Crippen LogP contribution < -0.4 is 10.1 Å². The number of halogens is 2. The van der Waals surface area contributed by atoms with Crippen molar-refractivity contribution in [3.8, 4) is 11.5 Å². The number of hydrogen-bond acceptors (Lipinski definition) is 4. The van der Waals surface area contributed by atoms with E-state index in [1.165, 1.54) is 7.11 Å². The van der Waals surface area contributed by atoms with Crippen LogP contribution >= 0.6 is 15.9 Å². The van der Waals surface area contributed by atoms with Crippen LogP contribution in [0.3, 0.4) is 0 Å². The number of Topliss-reactive ketones (excluding diaryl/α,β-unsaturated/α-hetero) is 1. The van der Waals surface area contributed by atoms with Crippen LogP contribution in [0.15, 0.2) is 10.5 Å². The summed E-state index contributed by atoms with van der Waals surface area (Å²) in [5, 5.41) is 12.1. The molecule has 2 N–H and O–H groups in total. The van der Waals surface area contributed by atoms with Crippen LogP contribution in [0.4, 0.5) is 4.39 Å². The predicted molar refractivity (Wildman–Crippen MR) is 60.6 cm³/mol. The monoisotopic (exact) mass is 291 g/mol. The van der Waals surface area contributed by atoms with E-state index in [4.69, 9.17) is 4.74 Å². The molecule has 0 atom stereocenters. The highest BCUT2D eigenvalue weighted by molar-refractivity contribution is 9.10. The van der Waals surface area contributed by atoms with Crippen molar-refractivity contribution in [2.24, 2.45) is 0 Å². The molecule has 6 heteroatoms. The third-order valence-electron chi connectivity index (χ3n) is 1.97. The molecule has 16 heavy (non-hydrogen) atoms. The Morgan fingerprint density at radius 2 is 2.31 bits per heavy atom. The van der Waals surface area contributed by atoms with Gasteiger partial charge in [-0.25, -0.2) is 4.39 Å². The number of phenolic OH excluding ortho intramolecular Hbond substituents is 1. The van der Waals surface area contributed by atoms with Crippen molar-refractivity contribution in [2.45, 2.75) is 0 Å². The van der Waals surface area contributed by atoms with Crippen LogP contribution in [0.5, 0.6) is 11.5 Å². The third-order valence-corrected chi connectivity index (χ3v) is 2.55. The van der Waals surface area contributed by atoms with Crippen LogP contribution in [0.2, 0.25) is 0 Å². The molecular weight excluding hydrogens is 281 g/mol. The van der Waals surface area contributed by atoms with E-state index >= 15 is 0 Å². The molecule has 4 nitrogen and oxygen atoms in total. The molecule has 0 bridgehead atoms. The highest BCUT2D eigenvalue weighted by Gasteiger charge is 2.23. The number of likely N-dealkylation sites (N-methyl/N-ethyl adjacent to an activating group) is 1. The van der Waals surface area contributed by atoms with Crippen molar-refractivity contribution >= 4 is 21.7 Å². The van der Waals surface area contributed by atoms with Gasteiger partial charge in [0.15, 0.2) is 23.1 Å². The van der Waals surface area contributed by atoms with Crippen molar-refractivity contribution < 1.29 is 19.0 Å². The van der Waals surface area contributed by atoms with Gasteiger partial charge in [-0.2, -0.15) is 0 Å². The van der Waals surface area contributed by atoms with E-state index in [0.29, 0.717) is 0 Å². The van der Waals surface area contributed by atoms with E-state index in [2.05, 4.69) is 21.2 Å². The Kier molecular flexibility index (Phi) is 4.26. The molecule has 0 aliphatic rings. The number of phenols is 1. The van der Waals surface area contributed by atoms with Crippen LogP contribution in [-0.2, 0) is 0 Å². The number of carbonyl (C=O) groups excluding carboxylic acids is 1. The number of ether oxygens (including phenoxy) is 1. The molecule has 0 saturated heterocycles. The summed E-state index contributed by atoms with van der Waals surface area (Å²) in [6.45, 7) is -0.0385. The first-order chi connectivity index (χ1) is 7.52. The summed E-state index contributed by atoms with van der Waals surface area (Å²) in [5.41, 5.74) is -0.260. The summed E-state index contributed by atoms with van der Waals surface area (Å²) in [6.07, 6.45) is 0. The highest BCUT2D eigenvalue weighted by atomic mass is 79.9. The maximum absolute atomic E-state index is 13.7. The van der Waals surface area contributed by atoms with Crippen LogP contribution in [-0.4, -0.2) is 31.6 Å². The van der Waals surface area contributed by atoms with Crippen molar-refractivity contribution in [3.05, 3.63) is 21.9 Å². The van der Waals surface area contributed by atoms with Crippen molar-refractivity contribution in [3.63, 3.8) is 0 Å². The fourth-order valence-electron chi connectivity index (χ4n) is 1.30. The second kappa shape index (κ2) is 5.27. The van der Waals surface area contributed by atoms with E-state index in [1.54, 1.807) is 7.05 Å². The average molecular weight is 292 g/mol. The van der Waals surface area contributed by atoms with Crippen LogP contribution in [0.1, 0.15) is 10.4 Å². The highest BCUT2D eigenvalue weighted by Crippen LogP contribution is 2.36. The molecule has 0 saturated carbocycles. The number of hydrogen-bond donors (Lipinski definition) is 2. The third kappa shape index (κ3) is 2.33. The zero-order valence-electron chi connectivity index (χ0n) is 8.80. The number of methoxy groups -OCH3 is 1. The summed E-state index contributed by atoms with van der Waals surface area (Å²) >= 11 is 2.92. The molecule has 0 radical (unpaired) electrons. The van der Waals surface area contributed by atoms with E-state index in [-0.39, 0.29) is 28.1 Å². The van der Waals surface area contributed by atoms with Crippen LogP contribution in [0, 0.1) is 5.82 Å². The Bertz CT molecular complexity index is 423. The summed E-state index contributed by atoms with van der Waals surface area (Å²) < 4.78 is 18.6. The van der Waals surface area contributed by atoms with Gasteiger partial charge in [-0.15, -0.1) is 0 Å². The Morgan fingerprint density at radius 1 is 1.69 bits per heavy atom. The number of carbonyl (C=O) groups is 1. The summed E-state index contributed by atoms with van der Waals surface area (Å²) in [4.78, 5) is 11.6. The molecule has 0 amide bonds. The zero-order valence-corrected chi connectivity index (χ0v) is 10.4. The average Bonchev–Trinajstić information content (AvgIpc) is 2.23. The van der Waals surface area contributed by atoms with Gasteiger partial charge in [-0.05, 0) is 23.0 Å². The fourth-order valence-corrected chi connectivity index (χ4v) is 1.72. The zero-order chi connectivity index (χ0) is 12.3. The lowest BCUT2D eigenvalue weighted by Gasteiger charge is -2.11. The van der Waals surface area contributed by atoms with Gasteiger partial charge in [0.05, 0.1) is 18.1 Å². The Balaban J connectivity index is 3.38. The van der Waals surface area contributed by atoms with Gasteiger partial charge in [-0.3, -0.25) is 4.79 Å². The molecule has 0 aromatic heterocycles. The quantitative estimate of drug-likeness (QED) is 0.829. The number of rotatable bonds is 4. The number of benzene rings is 1. The predicted octanol–water partition coefficient (Wildman–Crippen LogP) is 1.70. The minimum atomic E-state index is -0.741. The Morgan fingerprint density at radius 3 is 2.81 bits per heavy atom. The molecule has 0 heterocycles. The molecular formula is C10H11BrFNO3. The standard InChI is InChI=1S/C10H11BrFNO3/c1-13-4-7(15)8-9(12)5(11)3-6(14)10(8)16-2/h3,13-14H,4H2,1-2H3. The first-order valence-electron chi connectivity index (χ1n) is 4.45. The maximum Gasteiger partial charge on any atom is 0.183 e. The molecule has 1 aromatic rings. The summed E-state index contributed by atoms with van der Waals surface area (Å²) in [5.74, 6) is -1.67. The second-order valence-corrected chi connectivity index (χ2v) is 3.91. The number of ketones is 1. The molecule has 0 spiro atoms. The molecule has 0 aliphatic carbocycles. The molecule has 1 aromatic carbocycles. The van der Waals surface area contributed by atoms with E-state index in [9.17, 15) is 14.3 Å². The topological polar surface area (TPSA) is 58.6 Å². The lowest BCUT2D eigenvalue weighted by atomic mass is 10.1. The smallest absolute Gasteiger partial charge is 0.183 e. The molecule has 88 valence electrons. The van der Waals surface area contributed by atoms with Crippen molar-refractivity contribution in [1.82, 2.24) is 5.32 Å². The first-order valence-corrected chi connectivity index (χ1v) is 5.25. The van der Waals surface area contributed by atoms with Gasteiger partial charge >= 0.3 is 0 Å². The van der Waals surface area contributed by atoms with E-state index in [0.717, 1.165) is 6.07 Å². The minimum Gasteiger partial charge on any atom is -0.504 e. The fraction of sp³-hybridized carbons (Fsp3) is 0.300. The van der Waals surface area contributed by atoms with E-state index < -0.39 is 11.6 Å². The van der Waals surface area contributed by atoms with Crippen molar-refractivity contribution in [1.29, 1.82) is 0 Å². The van der Waals surface area contributed by atoms with Gasteiger partial charge in [-0.1, -0.05) is 0 Å². The molecule has 1 rings (SSSR count). The normalized spacial score (nSPS) is 10.2. The Labute approximate surface area is 101 Å². The lowest BCUT2D eigenvalue weighted by Crippen LogP contribution is -2.20. The summed E-state index contributed by atoms with van der Waals surface area (Å²) in [6, 6.07) is 1.14. The molecule has 0 aliphatic heterocycles. The van der Waals surface area contributed by atoms with Crippen LogP contribution in [0.25, 0.3) is 0 Å². The maximum atomic E-state index is 13.7. The van der Waals surface area contributed by atoms with Gasteiger partial charge in [0.1, 0.15) is 5.56 Å². The lowest BCUT2D eigenvalue weighted by molar-refractivity contribution is 0.0985. The second-order valence-electron chi connectivity index (χ2n) is 3.05. The van der Waals surface area contributed by atoms with Gasteiger partial charge < -0.3 is 15.2 Å². The van der Waals surface area contributed by atoms with Gasteiger partial charge in [0.25, 0.3) is 0 Å². The molecule has 0 unspecified atom stereocenters. The minimum absolute atomic E-state index is 0.0188. The van der Waals surface area contributed by atoms with Gasteiger partial charge in [0, 0.05) is 6.07 Å². The molecule has 0 fully saturated rings. The first kappa shape index (κ1) is 12.9. The number of aromatic hydroxyl groups is 1. The SMILES string of the molecule is CNCC(=O)c1c(F)c(Br)cc(O)c1OC. The number of nitrogens with one attached hydrogen (secondary N) is 1. The Hall–Kier alpha value is -1.14.